The number of hydrogen-bond donors (Lipinski definition) is 2. The molecule has 0 aliphatic heterocycles. The van der Waals surface area contributed by atoms with Crippen molar-refractivity contribution in [3.8, 4) is 5.75 Å². The number of rotatable bonds is 8. The quantitative estimate of drug-likeness (QED) is 0.562. The number of hydrogen-bond acceptors (Lipinski definition) is 4. The van der Waals surface area contributed by atoms with Crippen LogP contribution in [0, 0.1) is 5.41 Å². The number of methoxy groups -OCH3 is 1. The molecule has 0 radical (unpaired) electrons. The van der Waals surface area contributed by atoms with E-state index in [9.17, 15) is 0 Å². The van der Waals surface area contributed by atoms with Crippen molar-refractivity contribution < 1.29 is 4.74 Å². The van der Waals surface area contributed by atoms with Crippen molar-refractivity contribution in [1.82, 2.24) is 4.90 Å². The molecule has 0 fully saturated rings. The Balaban J connectivity index is 2.96. The van der Waals surface area contributed by atoms with Crippen LogP contribution in [0.3, 0.4) is 0 Å². The van der Waals surface area contributed by atoms with Gasteiger partial charge in [-0.3, -0.25) is 5.41 Å². The molecule has 0 unspecified atom stereocenters. The summed E-state index contributed by atoms with van der Waals surface area (Å²) in [5.41, 5.74) is 7.42. The van der Waals surface area contributed by atoms with Crippen LogP contribution in [-0.2, 0) is 0 Å². The molecule has 0 atom stereocenters. The summed E-state index contributed by atoms with van der Waals surface area (Å²) >= 11 is 0. The zero-order valence-electron chi connectivity index (χ0n) is 12.9. The van der Waals surface area contributed by atoms with Gasteiger partial charge in [-0.15, -0.1) is 0 Å². The first kappa shape index (κ1) is 16.3. The number of anilines is 1. The van der Waals surface area contributed by atoms with Crippen LogP contribution in [0.2, 0.25) is 0 Å². The van der Waals surface area contributed by atoms with Gasteiger partial charge in [0, 0.05) is 24.7 Å². The Kier molecular flexibility index (Phi) is 6.31. The van der Waals surface area contributed by atoms with E-state index < -0.39 is 0 Å². The van der Waals surface area contributed by atoms with Crippen molar-refractivity contribution >= 4 is 11.5 Å². The van der Waals surface area contributed by atoms with Gasteiger partial charge in [-0.05, 0) is 46.1 Å². The van der Waals surface area contributed by atoms with E-state index in [1.165, 1.54) is 0 Å². The molecular formula is C15H26N4O. The summed E-state index contributed by atoms with van der Waals surface area (Å²) < 4.78 is 5.28. The smallest absolute Gasteiger partial charge is 0.124 e. The van der Waals surface area contributed by atoms with Crippen LogP contribution in [0.4, 0.5) is 5.69 Å². The lowest BCUT2D eigenvalue weighted by molar-refractivity contribution is 0.400. The fraction of sp³-hybridized carbons (Fsp3) is 0.533. The SMILES string of the molecule is CCN(CCCN(C)C)c1cc(OC)ccc1C(=N)N. The Morgan fingerprint density at radius 3 is 2.50 bits per heavy atom. The number of ether oxygens (including phenoxy) is 1. The van der Waals surface area contributed by atoms with Crippen LogP contribution in [0.5, 0.6) is 5.75 Å². The molecular weight excluding hydrogens is 252 g/mol. The van der Waals surface area contributed by atoms with Gasteiger partial charge in [0.1, 0.15) is 11.6 Å². The minimum atomic E-state index is 0.0914. The molecule has 0 heterocycles. The van der Waals surface area contributed by atoms with Gasteiger partial charge in [-0.2, -0.15) is 0 Å². The molecule has 5 heteroatoms. The average molecular weight is 278 g/mol. The molecule has 0 aliphatic rings. The van der Waals surface area contributed by atoms with Crippen LogP contribution in [0.15, 0.2) is 18.2 Å². The predicted octanol–water partition coefficient (Wildman–Crippen LogP) is 1.76. The highest BCUT2D eigenvalue weighted by molar-refractivity contribution is 6.00. The van der Waals surface area contributed by atoms with Crippen LogP contribution in [0.25, 0.3) is 0 Å². The van der Waals surface area contributed by atoms with Gasteiger partial charge in [0.25, 0.3) is 0 Å². The number of nitrogens with zero attached hydrogens (tertiary/aromatic N) is 2. The highest BCUT2D eigenvalue weighted by Crippen LogP contribution is 2.26. The Morgan fingerprint density at radius 1 is 1.30 bits per heavy atom. The first-order chi connectivity index (χ1) is 9.49. The van der Waals surface area contributed by atoms with Gasteiger partial charge in [0.05, 0.1) is 12.8 Å². The lowest BCUT2D eigenvalue weighted by Gasteiger charge is -2.26. The molecule has 0 aromatic heterocycles. The maximum atomic E-state index is 7.72. The second-order valence-corrected chi connectivity index (χ2v) is 5.03. The third-order valence-corrected chi connectivity index (χ3v) is 3.25. The maximum absolute atomic E-state index is 7.72. The summed E-state index contributed by atoms with van der Waals surface area (Å²) in [7, 11) is 5.79. The standard InChI is InChI=1S/C15H26N4O/c1-5-19(10-6-9-18(2)3)14-11-12(20-4)7-8-13(14)15(16)17/h7-8,11H,5-6,9-10H2,1-4H3,(H3,16,17). The molecule has 0 bridgehead atoms. The summed E-state index contributed by atoms with van der Waals surface area (Å²) in [6, 6.07) is 5.65. The number of nitrogen functional groups attached to an aromatic ring is 1. The second-order valence-electron chi connectivity index (χ2n) is 5.03. The van der Waals surface area contributed by atoms with E-state index in [2.05, 4.69) is 30.8 Å². The van der Waals surface area contributed by atoms with E-state index in [1.807, 2.05) is 18.2 Å². The number of benzene rings is 1. The molecule has 1 aromatic rings. The third kappa shape index (κ3) is 4.42. The summed E-state index contributed by atoms with van der Waals surface area (Å²) in [6.07, 6.45) is 1.06. The summed E-state index contributed by atoms with van der Waals surface area (Å²) in [6.45, 7) is 4.96. The molecule has 1 aromatic carbocycles. The third-order valence-electron chi connectivity index (χ3n) is 3.25. The number of nitrogens with one attached hydrogen (secondary N) is 1. The van der Waals surface area contributed by atoms with E-state index in [0.29, 0.717) is 0 Å². The van der Waals surface area contributed by atoms with Crippen LogP contribution in [-0.4, -0.2) is 51.6 Å². The largest absolute Gasteiger partial charge is 0.497 e. The van der Waals surface area contributed by atoms with Crippen LogP contribution in [0.1, 0.15) is 18.9 Å². The fourth-order valence-electron chi connectivity index (χ4n) is 2.15. The average Bonchev–Trinajstić information content (AvgIpc) is 2.42. The summed E-state index contributed by atoms with van der Waals surface area (Å²) in [5, 5.41) is 7.72. The lowest BCUT2D eigenvalue weighted by Crippen LogP contribution is -2.29. The van der Waals surface area contributed by atoms with E-state index in [0.717, 1.165) is 43.1 Å². The van der Waals surface area contributed by atoms with E-state index in [4.69, 9.17) is 15.9 Å². The molecule has 20 heavy (non-hydrogen) atoms. The van der Waals surface area contributed by atoms with Crippen molar-refractivity contribution in [2.75, 3.05) is 45.7 Å². The molecule has 0 spiro atoms. The zero-order valence-corrected chi connectivity index (χ0v) is 12.9. The Bertz CT molecular complexity index is 445. The summed E-state index contributed by atoms with van der Waals surface area (Å²) in [5.74, 6) is 0.879. The van der Waals surface area contributed by atoms with E-state index >= 15 is 0 Å². The first-order valence-corrected chi connectivity index (χ1v) is 6.91. The number of amidine groups is 1. The molecule has 112 valence electrons. The molecule has 3 N–H and O–H groups in total. The normalized spacial score (nSPS) is 10.7. The molecule has 1 rings (SSSR count). The van der Waals surface area contributed by atoms with Crippen molar-refractivity contribution in [2.45, 2.75) is 13.3 Å². The lowest BCUT2D eigenvalue weighted by atomic mass is 10.1. The highest BCUT2D eigenvalue weighted by atomic mass is 16.5. The topological polar surface area (TPSA) is 65.6 Å². The zero-order chi connectivity index (χ0) is 15.1. The van der Waals surface area contributed by atoms with Gasteiger partial charge in [-0.1, -0.05) is 0 Å². The predicted molar refractivity (Wildman–Crippen MR) is 85.1 cm³/mol. The van der Waals surface area contributed by atoms with Crippen molar-refractivity contribution in [2.24, 2.45) is 5.73 Å². The Labute approximate surface area is 121 Å². The van der Waals surface area contributed by atoms with Crippen molar-refractivity contribution in [3.05, 3.63) is 23.8 Å². The van der Waals surface area contributed by atoms with Gasteiger partial charge in [0.15, 0.2) is 0 Å². The van der Waals surface area contributed by atoms with Crippen molar-refractivity contribution in [1.29, 1.82) is 5.41 Å². The number of nitrogens with two attached hydrogens (primary N) is 1. The Hall–Kier alpha value is -1.75. The van der Waals surface area contributed by atoms with Gasteiger partial charge < -0.3 is 20.3 Å². The minimum absolute atomic E-state index is 0.0914. The second kappa shape index (κ2) is 7.75. The molecule has 0 saturated carbocycles. The van der Waals surface area contributed by atoms with E-state index in [-0.39, 0.29) is 5.84 Å². The highest BCUT2D eigenvalue weighted by Gasteiger charge is 2.13. The van der Waals surface area contributed by atoms with Gasteiger partial charge in [0.2, 0.25) is 0 Å². The first-order valence-electron chi connectivity index (χ1n) is 6.91. The minimum Gasteiger partial charge on any atom is -0.497 e. The molecule has 0 amide bonds. The monoisotopic (exact) mass is 278 g/mol. The molecule has 0 saturated heterocycles. The summed E-state index contributed by atoms with van der Waals surface area (Å²) in [4.78, 5) is 4.41. The van der Waals surface area contributed by atoms with Gasteiger partial charge in [-0.25, -0.2) is 0 Å². The van der Waals surface area contributed by atoms with Crippen LogP contribution < -0.4 is 15.4 Å². The van der Waals surface area contributed by atoms with Gasteiger partial charge >= 0.3 is 0 Å². The van der Waals surface area contributed by atoms with Crippen LogP contribution >= 0.6 is 0 Å². The Morgan fingerprint density at radius 2 is 2.00 bits per heavy atom. The maximum Gasteiger partial charge on any atom is 0.124 e. The molecule has 5 nitrogen and oxygen atoms in total. The molecule has 0 aliphatic carbocycles. The fourth-order valence-corrected chi connectivity index (χ4v) is 2.15. The van der Waals surface area contributed by atoms with E-state index in [1.54, 1.807) is 7.11 Å². The van der Waals surface area contributed by atoms with Crippen molar-refractivity contribution in [3.63, 3.8) is 0 Å².